The highest BCUT2D eigenvalue weighted by molar-refractivity contribution is 7.90. The molecule has 1 amide bonds. The van der Waals surface area contributed by atoms with Gasteiger partial charge in [-0.15, -0.1) is 0 Å². The van der Waals surface area contributed by atoms with Gasteiger partial charge in [-0.1, -0.05) is 23.7 Å². The van der Waals surface area contributed by atoms with Gasteiger partial charge in [-0.05, 0) is 50.2 Å². The van der Waals surface area contributed by atoms with E-state index in [1.54, 1.807) is 42.5 Å². The van der Waals surface area contributed by atoms with E-state index in [0.717, 1.165) is 0 Å². The van der Waals surface area contributed by atoms with E-state index in [1.807, 2.05) is 0 Å². The zero-order valence-corrected chi connectivity index (χ0v) is 17.1. The molecule has 0 saturated carbocycles. The van der Waals surface area contributed by atoms with Crippen LogP contribution in [0.4, 0.5) is 5.69 Å². The van der Waals surface area contributed by atoms with Crippen molar-refractivity contribution in [1.29, 1.82) is 0 Å². The summed E-state index contributed by atoms with van der Waals surface area (Å²) in [5.74, 6) is -1.23. The number of rotatable bonds is 5. The Morgan fingerprint density at radius 1 is 1.10 bits per heavy atom. The molecule has 8 nitrogen and oxygen atoms in total. The fourth-order valence-electron chi connectivity index (χ4n) is 2.58. The Morgan fingerprint density at radius 3 is 2.45 bits per heavy atom. The summed E-state index contributed by atoms with van der Waals surface area (Å²) in [5.41, 5.74) is 0.883. The van der Waals surface area contributed by atoms with Gasteiger partial charge in [-0.2, -0.15) is 0 Å². The summed E-state index contributed by atoms with van der Waals surface area (Å²) >= 11 is 5.80. The molecule has 1 aliphatic rings. The fourth-order valence-corrected chi connectivity index (χ4v) is 3.94. The second kappa shape index (κ2) is 8.22. The molecule has 152 valence electrons. The predicted molar refractivity (Wildman–Crippen MR) is 108 cm³/mol. The van der Waals surface area contributed by atoms with E-state index < -0.39 is 34.0 Å². The molecular weight excluding hydrogens is 418 g/mol. The number of amidine groups is 1. The second-order valence-electron chi connectivity index (χ2n) is 6.33. The molecule has 1 aliphatic heterocycles. The third-order valence-electron chi connectivity index (χ3n) is 4.10. The van der Waals surface area contributed by atoms with E-state index >= 15 is 0 Å². The van der Waals surface area contributed by atoms with Gasteiger partial charge in [-0.25, -0.2) is 13.2 Å². The van der Waals surface area contributed by atoms with Crippen molar-refractivity contribution >= 4 is 45.0 Å². The van der Waals surface area contributed by atoms with Gasteiger partial charge < -0.3 is 10.1 Å². The maximum atomic E-state index is 12.3. The molecule has 29 heavy (non-hydrogen) atoms. The van der Waals surface area contributed by atoms with Gasteiger partial charge in [0.05, 0.1) is 4.90 Å². The van der Waals surface area contributed by atoms with Crippen LogP contribution in [-0.2, 0) is 24.3 Å². The number of esters is 1. The van der Waals surface area contributed by atoms with Crippen molar-refractivity contribution in [2.75, 3.05) is 5.32 Å². The normalized spacial score (nSPS) is 17.7. The lowest BCUT2D eigenvalue weighted by Crippen LogP contribution is -2.33. The third kappa shape index (κ3) is 4.75. The molecule has 10 heteroatoms. The minimum atomic E-state index is -3.71. The lowest BCUT2D eigenvalue weighted by molar-refractivity contribution is -0.153. The maximum absolute atomic E-state index is 12.3. The van der Waals surface area contributed by atoms with E-state index in [1.165, 1.54) is 19.9 Å². The number of anilines is 1. The average Bonchev–Trinajstić information content (AvgIpc) is 2.94. The summed E-state index contributed by atoms with van der Waals surface area (Å²) in [6.07, 6.45) is -1.08. The van der Waals surface area contributed by atoms with Crippen LogP contribution in [0, 0.1) is 0 Å². The Labute approximate surface area is 173 Å². The zero-order chi connectivity index (χ0) is 21.2. The predicted octanol–water partition coefficient (Wildman–Crippen LogP) is 2.34. The number of carbonyl (C=O) groups is 2. The number of amides is 1. The van der Waals surface area contributed by atoms with Crippen molar-refractivity contribution in [3.63, 3.8) is 0 Å². The first kappa shape index (κ1) is 20.8. The number of halogens is 1. The maximum Gasteiger partial charge on any atom is 0.331 e. The van der Waals surface area contributed by atoms with Crippen LogP contribution in [0.1, 0.15) is 19.4 Å². The van der Waals surface area contributed by atoms with Gasteiger partial charge in [0.15, 0.2) is 6.10 Å². The molecule has 0 aromatic heterocycles. The lowest BCUT2D eigenvalue weighted by Gasteiger charge is -2.15. The smallest absolute Gasteiger partial charge is 0.331 e. The molecule has 0 fully saturated rings. The van der Waals surface area contributed by atoms with Crippen LogP contribution in [0.3, 0.4) is 0 Å². The number of nitrogens with one attached hydrogen (secondary N) is 2. The third-order valence-corrected chi connectivity index (χ3v) is 5.75. The van der Waals surface area contributed by atoms with Crippen LogP contribution in [0.5, 0.6) is 0 Å². The molecule has 0 bridgehead atoms. The average molecular weight is 436 g/mol. The van der Waals surface area contributed by atoms with Crippen LogP contribution in [-0.4, -0.2) is 38.3 Å². The van der Waals surface area contributed by atoms with Crippen LogP contribution >= 0.6 is 11.6 Å². The zero-order valence-electron chi connectivity index (χ0n) is 15.5. The Hall–Kier alpha value is -2.91. The lowest BCUT2D eigenvalue weighted by atomic mass is 10.2. The molecule has 3 rings (SSSR count). The summed E-state index contributed by atoms with van der Waals surface area (Å²) in [4.78, 5) is 28.7. The highest BCUT2D eigenvalue weighted by Crippen LogP contribution is 2.22. The van der Waals surface area contributed by atoms with E-state index in [4.69, 9.17) is 16.3 Å². The van der Waals surface area contributed by atoms with Gasteiger partial charge in [-0.3, -0.25) is 14.5 Å². The topological polar surface area (TPSA) is 114 Å². The number of sulfonamides is 1. The van der Waals surface area contributed by atoms with Gasteiger partial charge in [0.25, 0.3) is 15.9 Å². The molecule has 1 heterocycles. The van der Waals surface area contributed by atoms with Crippen molar-refractivity contribution in [2.45, 2.75) is 30.9 Å². The number of carbonyl (C=O) groups excluding carboxylic acids is 2. The summed E-state index contributed by atoms with van der Waals surface area (Å²) in [6.45, 7) is 2.88. The Morgan fingerprint density at radius 2 is 1.76 bits per heavy atom. The molecular formula is C19H18ClN3O5S. The van der Waals surface area contributed by atoms with Gasteiger partial charge in [0.1, 0.15) is 11.9 Å². The molecule has 2 N–H and O–H groups in total. The first-order valence-corrected chi connectivity index (χ1v) is 10.5. The molecule has 0 radical (unpaired) electrons. The summed E-state index contributed by atoms with van der Waals surface area (Å²) in [6, 6.07) is 11.8. The van der Waals surface area contributed by atoms with Gasteiger partial charge in [0.2, 0.25) is 0 Å². The summed E-state index contributed by atoms with van der Waals surface area (Å²) in [7, 11) is -3.71. The van der Waals surface area contributed by atoms with E-state index in [-0.39, 0.29) is 10.7 Å². The number of hydrogen-bond acceptors (Lipinski definition) is 6. The molecule has 2 aromatic rings. The van der Waals surface area contributed by atoms with Crippen LogP contribution < -0.4 is 10.0 Å². The van der Waals surface area contributed by atoms with Crippen LogP contribution in [0.15, 0.2) is 58.4 Å². The highest BCUT2D eigenvalue weighted by atomic mass is 35.5. The molecule has 0 aliphatic carbocycles. The standard InChI is InChI=1S/C19H18ClN3O5S/c1-11(21-17-15-5-3-4-6-16(15)29(26,27)23-17)19(25)28-12(2)18(24)22-14-9-7-13(20)8-10-14/h3-12H,1-2H3,(H,21,23)(H,22,24)/t11-,12?/m0/s1. The number of aliphatic imine (C=N–C) groups is 1. The minimum Gasteiger partial charge on any atom is -0.451 e. The molecule has 0 saturated heterocycles. The SMILES string of the molecule is CC(OC(=O)[C@H](C)N=C1NS(=O)(=O)c2ccccc21)C(=O)Nc1ccc(Cl)cc1. The van der Waals surface area contributed by atoms with Crippen molar-refractivity contribution in [3.05, 3.63) is 59.1 Å². The fraction of sp³-hybridized carbons (Fsp3) is 0.211. The second-order valence-corrected chi connectivity index (χ2v) is 8.42. The molecule has 2 atom stereocenters. The number of fused-ring (bicyclic) bond motifs is 1. The molecule has 0 spiro atoms. The molecule has 2 aromatic carbocycles. The first-order chi connectivity index (χ1) is 13.7. The van der Waals surface area contributed by atoms with Crippen molar-refractivity contribution < 1.29 is 22.7 Å². The monoisotopic (exact) mass is 435 g/mol. The Bertz CT molecular complexity index is 1080. The van der Waals surface area contributed by atoms with E-state index in [0.29, 0.717) is 16.3 Å². The molecule has 1 unspecified atom stereocenters. The highest BCUT2D eigenvalue weighted by Gasteiger charge is 2.31. The summed E-state index contributed by atoms with van der Waals surface area (Å²) in [5, 5.41) is 3.14. The van der Waals surface area contributed by atoms with Crippen molar-refractivity contribution in [3.8, 4) is 0 Å². The minimum absolute atomic E-state index is 0.0586. The van der Waals surface area contributed by atoms with Crippen molar-refractivity contribution in [1.82, 2.24) is 4.72 Å². The first-order valence-electron chi connectivity index (χ1n) is 8.64. The van der Waals surface area contributed by atoms with Crippen LogP contribution in [0.25, 0.3) is 0 Å². The summed E-state index contributed by atoms with van der Waals surface area (Å²) < 4.78 is 31.7. The van der Waals surface area contributed by atoms with Gasteiger partial charge in [0, 0.05) is 16.3 Å². The number of nitrogens with zero attached hydrogens (tertiary/aromatic N) is 1. The quantitative estimate of drug-likeness (QED) is 0.699. The largest absolute Gasteiger partial charge is 0.451 e. The number of benzene rings is 2. The Kier molecular flexibility index (Phi) is 5.90. The van der Waals surface area contributed by atoms with Gasteiger partial charge >= 0.3 is 5.97 Å². The Balaban J connectivity index is 1.65. The number of hydrogen-bond donors (Lipinski definition) is 2. The van der Waals surface area contributed by atoms with E-state index in [9.17, 15) is 18.0 Å². The van der Waals surface area contributed by atoms with E-state index in [2.05, 4.69) is 15.0 Å². The van der Waals surface area contributed by atoms with Crippen molar-refractivity contribution in [2.24, 2.45) is 4.99 Å². The van der Waals surface area contributed by atoms with Crippen LogP contribution in [0.2, 0.25) is 5.02 Å². The number of ether oxygens (including phenoxy) is 1.